The molecule has 0 saturated carbocycles. The van der Waals surface area contributed by atoms with Crippen molar-refractivity contribution in [3.05, 3.63) is 66.0 Å². The van der Waals surface area contributed by atoms with E-state index in [1.165, 1.54) is 11.1 Å². The molecule has 3 heteroatoms. The van der Waals surface area contributed by atoms with E-state index in [4.69, 9.17) is 4.74 Å². The van der Waals surface area contributed by atoms with Crippen LogP contribution >= 0.6 is 0 Å². The summed E-state index contributed by atoms with van der Waals surface area (Å²) in [5.74, 6) is 0. The maximum absolute atomic E-state index is 5.68. The Morgan fingerprint density at radius 1 is 1.16 bits per heavy atom. The summed E-state index contributed by atoms with van der Waals surface area (Å²) in [4.78, 5) is 4.16. The minimum absolute atomic E-state index is 0.0337. The Morgan fingerprint density at radius 2 is 1.95 bits per heavy atom. The zero-order chi connectivity index (χ0) is 13.5. The fourth-order valence-corrected chi connectivity index (χ4v) is 2.31. The van der Waals surface area contributed by atoms with Gasteiger partial charge in [-0.05, 0) is 30.7 Å². The van der Waals surface area contributed by atoms with Crippen LogP contribution in [0.1, 0.15) is 17.2 Å². The summed E-state index contributed by atoms with van der Waals surface area (Å²) in [7, 11) is 3.72. The van der Waals surface area contributed by atoms with Crippen LogP contribution in [0, 0.1) is 0 Å². The number of hydrogen-bond donors (Lipinski definition) is 1. The van der Waals surface area contributed by atoms with E-state index in [1.54, 1.807) is 13.3 Å². The van der Waals surface area contributed by atoms with Crippen LogP contribution in [-0.2, 0) is 11.2 Å². The van der Waals surface area contributed by atoms with Gasteiger partial charge in [-0.3, -0.25) is 4.98 Å². The van der Waals surface area contributed by atoms with Gasteiger partial charge in [-0.25, -0.2) is 0 Å². The van der Waals surface area contributed by atoms with Gasteiger partial charge in [0.25, 0.3) is 0 Å². The molecule has 0 amide bonds. The smallest absolute Gasteiger partial charge is 0.0977 e. The summed E-state index contributed by atoms with van der Waals surface area (Å²) in [5, 5.41) is 3.35. The third kappa shape index (κ3) is 3.63. The number of ether oxygens (including phenoxy) is 1. The fourth-order valence-electron chi connectivity index (χ4n) is 2.31. The summed E-state index contributed by atoms with van der Waals surface area (Å²) in [6.07, 6.45) is 4.62. The molecule has 1 heterocycles. The number of likely N-dealkylation sites (N-methyl/N-ethyl adjacent to an activating group) is 1. The first kappa shape index (κ1) is 13.7. The summed E-state index contributed by atoms with van der Waals surface area (Å²) in [6.45, 7) is 0. The Labute approximate surface area is 114 Å². The zero-order valence-electron chi connectivity index (χ0n) is 11.4. The molecule has 2 atom stereocenters. The van der Waals surface area contributed by atoms with Crippen molar-refractivity contribution < 1.29 is 4.74 Å². The topological polar surface area (TPSA) is 34.2 Å². The van der Waals surface area contributed by atoms with Crippen molar-refractivity contribution >= 4 is 0 Å². The first-order chi connectivity index (χ1) is 9.35. The molecule has 2 unspecified atom stereocenters. The lowest BCUT2D eigenvalue weighted by atomic mass is 9.97. The second kappa shape index (κ2) is 7.02. The van der Waals surface area contributed by atoms with E-state index < -0.39 is 0 Å². The second-order valence-electron chi connectivity index (χ2n) is 4.53. The van der Waals surface area contributed by atoms with Gasteiger partial charge >= 0.3 is 0 Å². The van der Waals surface area contributed by atoms with Crippen LogP contribution in [0.25, 0.3) is 0 Å². The SMILES string of the molecule is CNC(Cc1cccnc1)C(OC)c1ccccc1. The molecule has 100 valence electrons. The Balaban J connectivity index is 2.15. The van der Waals surface area contributed by atoms with Crippen LogP contribution in [0.15, 0.2) is 54.9 Å². The number of benzene rings is 1. The van der Waals surface area contributed by atoms with Gasteiger partial charge in [0.2, 0.25) is 0 Å². The third-order valence-electron chi connectivity index (χ3n) is 3.30. The normalized spacial score (nSPS) is 14.0. The van der Waals surface area contributed by atoms with Gasteiger partial charge in [0.1, 0.15) is 0 Å². The molecule has 19 heavy (non-hydrogen) atoms. The quantitative estimate of drug-likeness (QED) is 0.862. The highest BCUT2D eigenvalue weighted by Crippen LogP contribution is 2.22. The molecule has 0 aliphatic heterocycles. The molecule has 2 rings (SSSR count). The van der Waals surface area contributed by atoms with Gasteiger partial charge < -0.3 is 10.1 Å². The molecule has 0 aliphatic carbocycles. The minimum atomic E-state index is 0.0337. The number of nitrogens with zero attached hydrogens (tertiary/aromatic N) is 1. The molecule has 3 nitrogen and oxygen atoms in total. The number of methoxy groups -OCH3 is 1. The number of hydrogen-bond acceptors (Lipinski definition) is 3. The van der Waals surface area contributed by atoms with E-state index in [0.29, 0.717) is 0 Å². The van der Waals surface area contributed by atoms with Crippen molar-refractivity contribution in [2.45, 2.75) is 18.6 Å². The molecule has 0 radical (unpaired) electrons. The lowest BCUT2D eigenvalue weighted by molar-refractivity contribution is 0.0704. The van der Waals surface area contributed by atoms with Crippen molar-refractivity contribution in [3.63, 3.8) is 0 Å². The number of pyridine rings is 1. The maximum Gasteiger partial charge on any atom is 0.0977 e. The van der Waals surface area contributed by atoms with Gasteiger partial charge in [0, 0.05) is 25.5 Å². The second-order valence-corrected chi connectivity index (χ2v) is 4.53. The Kier molecular flexibility index (Phi) is 5.07. The van der Waals surface area contributed by atoms with Crippen molar-refractivity contribution in [3.8, 4) is 0 Å². The highest BCUT2D eigenvalue weighted by atomic mass is 16.5. The number of nitrogens with one attached hydrogen (secondary N) is 1. The summed E-state index contributed by atoms with van der Waals surface area (Å²) in [5.41, 5.74) is 2.40. The summed E-state index contributed by atoms with van der Waals surface area (Å²) in [6, 6.07) is 14.6. The lowest BCUT2D eigenvalue weighted by Crippen LogP contribution is -2.35. The number of aromatic nitrogens is 1. The highest BCUT2D eigenvalue weighted by molar-refractivity contribution is 5.21. The monoisotopic (exact) mass is 256 g/mol. The van der Waals surface area contributed by atoms with Gasteiger partial charge in [-0.1, -0.05) is 36.4 Å². The number of rotatable bonds is 6. The zero-order valence-corrected chi connectivity index (χ0v) is 11.4. The van der Waals surface area contributed by atoms with E-state index in [9.17, 15) is 0 Å². The third-order valence-corrected chi connectivity index (χ3v) is 3.30. The van der Waals surface area contributed by atoms with Gasteiger partial charge in [0.05, 0.1) is 6.10 Å². The van der Waals surface area contributed by atoms with Crippen molar-refractivity contribution in [2.75, 3.05) is 14.2 Å². The van der Waals surface area contributed by atoms with Crippen LogP contribution in [0.4, 0.5) is 0 Å². The summed E-state index contributed by atoms with van der Waals surface area (Å²) >= 11 is 0. The molecule has 0 saturated heterocycles. The van der Waals surface area contributed by atoms with Crippen molar-refractivity contribution in [1.82, 2.24) is 10.3 Å². The molecule has 0 aliphatic rings. The van der Waals surface area contributed by atoms with E-state index in [-0.39, 0.29) is 12.1 Å². The largest absolute Gasteiger partial charge is 0.375 e. The standard InChI is InChI=1S/C16H20N2O/c1-17-15(11-13-7-6-10-18-12-13)16(19-2)14-8-4-3-5-9-14/h3-10,12,15-17H,11H2,1-2H3. The average Bonchev–Trinajstić information content (AvgIpc) is 2.49. The molecule has 2 aromatic rings. The predicted octanol–water partition coefficient (Wildman–Crippen LogP) is 2.60. The van der Waals surface area contributed by atoms with Crippen LogP contribution in [0.3, 0.4) is 0 Å². The first-order valence-electron chi connectivity index (χ1n) is 6.49. The van der Waals surface area contributed by atoms with Crippen LogP contribution in [-0.4, -0.2) is 25.2 Å². The first-order valence-corrected chi connectivity index (χ1v) is 6.49. The minimum Gasteiger partial charge on any atom is -0.375 e. The Hall–Kier alpha value is -1.71. The molecule has 0 fully saturated rings. The molecule has 1 N–H and O–H groups in total. The van der Waals surface area contributed by atoms with Crippen molar-refractivity contribution in [2.24, 2.45) is 0 Å². The summed E-state index contributed by atoms with van der Waals surface area (Å²) < 4.78 is 5.68. The lowest BCUT2D eigenvalue weighted by Gasteiger charge is -2.26. The molecular formula is C16H20N2O. The average molecular weight is 256 g/mol. The van der Waals surface area contributed by atoms with Gasteiger partial charge in [-0.2, -0.15) is 0 Å². The van der Waals surface area contributed by atoms with Crippen LogP contribution in [0.2, 0.25) is 0 Å². The molecule has 0 bridgehead atoms. The van der Waals surface area contributed by atoms with E-state index in [2.05, 4.69) is 28.5 Å². The van der Waals surface area contributed by atoms with E-state index in [1.807, 2.05) is 37.5 Å². The van der Waals surface area contributed by atoms with Crippen LogP contribution in [0.5, 0.6) is 0 Å². The Morgan fingerprint density at radius 3 is 2.53 bits per heavy atom. The van der Waals surface area contributed by atoms with E-state index >= 15 is 0 Å². The van der Waals surface area contributed by atoms with E-state index in [0.717, 1.165) is 6.42 Å². The van der Waals surface area contributed by atoms with Crippen LogP contribution < -0.4 is 5.32 Å². The maximum atomic E-state index is 5.68. The predicted molar refractivity (Wildman–Crippen MR) is 77.0 cm³/mol. The molecule has 0 spiro atoms. The molecule has 1 aromatic heterocycles. The fraction of sp³-hybridized carbons (Fsp3) is 0.312. The molecule has 1 aromatic carbocycles. The Bertz CT molecular complexity index is 473. The van der Waals surface area contributed by atoms with Gasteiger partial charge in [0.15, 0.2) is 0 Å². The van der Waals surface area contributed by atoms with Crippen molar-refractivity contribution in [1.29, 1.82) is 0 Å². The highest BCUT2D eigenvalue weighted by Gasteiger charge is 2.21. The molecular weight excluding hydrogens is 236 g/mol. The van der Waals surface area contributed by atoms with Gasteiger partial charge in [-0.15, -0.1) is 0 Å².